The number of hydrogen-bond donors (Lipinski definition) is 1. The van der Waals surface area contributed by atoms with E-state index in [2.05, 4.69) is 0 Å². The van der Waals surface area contributed by atoms with E-state index in [0.29, 0.717) is 6.61 Å². The van der Waals surface area contributed by atoms with Gasteiger partial charge in [-0.15, -0.1) is 0 Å². The fourth-order valence-corrected chi connectivity index (χ4v) is 1.08. The van der Waals surface area contributed by atoms with E-state index in [1.165, 1.54) is 0 Å². The van der Waals surface area contributed by atoms with E-state index in [0.717, 1.165) is 24.3 Å². The standard InChI is InChI=1S/C11H16O3/c1-13-10-4-6-11(7-5-10)14-9-3-2-8-12/h4-7,12H,2-3,8-9H2,1H3. The second-order valence-corrected chi connectivity index (χ2v) is 2.95. The normalized spacial score (nSPS) is 9.86. The lowest BCUT2D eigenvalue weighted by molar-refractivity contribution is 0.253. The highest BCUT2D eigenvalue weighted by molar-refractivity contribution is 5.30. The number of methoxy groups -OCH3 is 1. The van der Waals surface area contributed by atoms with Crippen LogP contribution in [0.5, 0.6) is 11.5 Å². The third-order valence-electron chi connectivity index (χ3n) is 1.88. The molecule has 1 rings (SSSR count). The minimum Gasteiger partial charge on any atom is -0.497 e. The van der Waals surface area contributed by atoms with Gasteiger partial charge in [-0.1, -0.05) is 0 Å². The van der Waals surface area contributed by atoms with Gasteiger partial charge < -0.3 is 14.6 Å². The average molecular weight is 196 g/mol. The van der Waals surface area contributed by atoms with Crippen molar-refractivity contribution in [2.45, 2.75) is 12.8 Å². The van der Waals surface area contributed by atoms with Crippen LogP contribution in [0.3, 0.4) is 0 Å². The fraction of sp³-hybridized carbons (Fsp3) is 0.455. The van der Waals surface area contributed by atoms with Gasteiger partial charge in [-0.3, -0.25) is 0 Å². The molecule has 0 bridgehead atoms. The molecule has 0 saturated carbocycles. The van der Waals surface area contributed by atoms with Gasteiger partial charge in [0, 0.05) is 6.61 Å². The van der Waals surface area contributed by atoms with Crippen LogP contribution in [0.1, 0.15) is 12.8 Å². The highest BCUT2D eigenvalue weighted by Gasteiger charge is 1.94. The molecule has 0 aromatic heterocycles. The lowest BCUT2D eigenvalue weighted by Gasteiger charge is -2.06. The predicted molar refractivity (Wildman–Crippen MR) is 54.8 cm³/mol. The molecule has 0 atom stereocenters. The Labute approximate surface area is 84.3 Å². The third kappa shape index (κ3) is 3.66. The number of hydrogen-bond acceptors (Lipinski definition) is 3. The van der Waals surface area contributed by atoms with E-state index >= 15 is 0 Å². The predicted octanol–water partition coefficient (Wildman–Crippen LogP) is 1.85. The van der Waals surface area contributed by atoms with Crippen molar-refractivity contribution in [2.24, 2.45) is 0 Å². The Morgan fingerprint density at radius 2 is 1.71 bits per heavy atom. The first-order valence-corrected chi connectivity index (χ1v) is 4.74. The minimum atomic E-state index is 0.228. The molecule has 0 unspecified atom stereocenters. The van der Waals surface area contributed by atoms with E-state index in [1.54, 1.807) is 7.11 Å². The van der Waals surface area contributed by atoms with Crippen molar-refractivity contribution in [3.05, 3.63) is 24.3 Å². The van der Waals surface area contributed by atoms with Crippen LogP contribution in [-0.4, -0.2) is 25.4 Å². The summed E-state index contributed by atoms with van der Waals surface area (Å²) in [5, 5.41) is 8.56. The molecular weight excluding hydrogens is 180 g/mol. The van der Waals surface area contributed by atoms with Gasteiger partial charge in [0.05, 0.1) is 13.7 Å². The molecule has 0 aliphatic rings. The molecule has 0 fully saturated rings. The maximum atomic E-state index is 8.56. The number of aliphatic hydroxyl groups is 1. The maximum Gasteiger partial charge on any atom is 0.119 e. The summed E-state index contributed by atoms with van der Waals surface area (Å²) in [6, 6.07) is 7.47. The zero-order valence-electron chi connectivity index (χ0n) is 8.40. The Morgan fingerprint density at radius 1 is 1.07 bits per heavy atom. The topological polar surface area (TPSA) is 38.7 Å². The van der Waals surface area contributed by atoms with E-state index < -0.39 is 0 Å². The number of unbranched alkanes of at least 4 members (excludes halogenated alkanes) is 1. The Morgan fingerprint density at radius 3 is 2.29 bits per heavy atom. The second kappa shape index (κ2) is 6.27. The van der Waals surface area contributed by atoms with Crippen molar-refractivity contribution < 1.29 is 14.6 Å². The molecule has 3 nitrogen and oxygen atoms in total. The minimum absolute atomic E-state index is 0.228. The zero-order valence-corrected chi connectivity index (χ0v) is 8.40. The third-order valence-corrected chi connectivity index (χ3v) is 1.88. The number of benzene rings is 1. The zero-order chi connectivity index (χ0) is 10.2. The lowest BCUT2D eigenvalue weighted by Crippen LogP contribution is -1.98. The molecule has 0 radical (unpaired) electrons. The first kappa shape index (κ1) is 10.9. The molecule has 1 aromatic rings. The molecule has 1 aromatic carbocycles. The first-order chi connectivity index (χ1) is 6.86. The molecular formula is C11H16O3. The summed E-state index contributed by atoms with van der Waals surface area (Å²) in [4.78, 5) is 0. The van der Waals surface area contributed by atoms with Gasteiger partial charge in [-0.2, -0.15) is 0 Å². The molecule has 0 heterocycles. The van der Waals surface area contributed by atoms with Crippen LogP contribution in [0.4, 0.5) is 0 Å². The molecule has 0 aliphatic carbocycles. The average Bonchev–Trinajstić information content (AvgIpc) is 2.25. The summed E-state index contributed by atoms with van der Waals surface area (Å²) < 4.78 is 10.5. The van der Waals surface area contributed by atoms with E-state index in [1.807, 2.05) is 24.3 Å². The van der Waals surface area contributed by atoms with Crippen LogP contribution in [0, 0.1) is 0 Å². The molecule has 0 saturated heterocycles. The SMILES string of the molecule is COc1ccc(OCCCCO)cc1. The molecule has 78 valence electrons. The van der Waals surface area contributed by atoms with Crippen molar-refractivity contribution in [2.75, 3.05) is 20.3 Å². The summed E-state index contributed by atoms with van der Waals surface area (Å²) in [6.45, 7) is 0.874. The summed E-state index contributed by atoms with van der Waals surface area (Å²) >= 11 is 0. The van der Waals surface area contributed by atoms with Gasteiger partial charge in [0.1, 0.15) is 11.5 Å². The van der Waals surface area contributed by atoms with Crippen molar-refractivity contribution in [3.63, 3.8) is 0 Å². The molecule has 0 amide bonds. The van der Waals surface area contributed by atoms with Crippen LogP contribution in [-0.2, 0) is 0 Å². The summed E-state index contributed by atoms with van der Waals surface area (Å²) in [6.07, 6.45) is 1.67. The Kier molecular flexibility index (Phi) is 4.86. The van der Waals surface area contributed by atoms with Gasteiger partial charge in [-0.05, 0) is 37.1 Å². The smallest absolute Gasteiger partial charge is 0.119 e. The maximum absolute atomic E-state index is 8.56. The Hall–Kier alpha value is -1.22. The summed E-state index contributed by atoms with van der Waals surface area (Å²) in [7, 11) is 1.64. The van der Waals surface area contributed by atoms with Gasteiger partial charge in [0.15, 0.2) is 0 Å². The molecule has 0 spiro atoms. The second-order valence-electron chi connectivity index (χ2n) is 2.95. The van der Waals surface area contributed by atoms with Crippen molar-refractivity contribution in [3.8, 4) is 11.5 Å². The molecule has 0 aliphatic heterocycles. The fourth-order valence-electron chi connectivity index (χ4n) is 1.08. The quantitative estimate of drug-likeness (QED) is 0.706. The highest BCUT2D eigenvalue weighted by atomic mass is 16.5. The number of rotatable bonds is 6. The van der Waals surface area contributed by atoms with Gasteiger partial charge in [0.2, 0.25) is 0 Å². The molecule has 1 N–H and O–H groups in total. The van der Waals surface area contributed by atoms with E-state index in [9.17, 15) is 0 Å². The molecule has 3 heteroatoms. The van der Waals surface area contributed by atoms with Gasteiger partial charge in [0.25, 0.3) is 0 Å². The van der Waals surface area contributed by atoms with E-state index in [-0.39, 0.29) is 6.61 Å². The van der Waals surface area contributed by atoms with Crippen LogP contribution < -0.4 is 9.47 Å². The Balaban J connectivity index is 2.29. The number of ether oxygens (including phenoxy) is 2. The van der Waals surface area contributed by atoms with Crippen LogP contribution in [0.15, 0.2) is 24.3 Å². The van der Waals surface area contributed by atoms with Crippen LogP contribution in [0.2, 0.25) is 0 Å². The van der Waals surface area contributed by atoms with Gasteiger partial charge in [-0.25, -0.2) is 0 Å². The van der Waals surface area contributed by atoms with Crippen molar-refractivity contribution in [1.82, 2.24) is 0 Å². The van der Waals surface area contributed by atoms with E-state index in [4.69, 9.17) is 14.6 Å². The summed E-state index contributed by atoms with van der Waals surface area (Å²) in [5.41, 5.74) is 0. The highest BCUT2D eigenvalue weighted by Crippen LogP contribution is 2.16. The van der Waals surface area contributed by atoms with Crippen LogP contribution in [0.25, 0.3) is 0 Å². The monoisotopic (exact) mass is 196 g/mol. The van der Waals surface area contributed by atoms with Crippen molar-refractivity contribution >= 4 is 0 Å². The van der Waals surface area contributed by atoms with Crippen LogP contribution >= 0.6 is 0 Å². The first-order valence-electron chi connectivity index (χ1n) is 4.74. The van der Waals surface area contributed by atoms with Crippen molar-refractivity contribution in [1.29, 1.82) is 0 Å². The summed E-state index contributed by atoms with van der Waals surface area (Å²) in [5.74, 6) is 1.66. The van der Waals surface area contributed by atoms with Gasteiger partial charge >= 0.3 is 0 Å². The number of aliphatic hydroxyl groups excluding tert-OH is 1. The lowest BCUT2D eigenvalue weighted by atomic mass is 10.3. The molecule has 14 heavy (non-hydrogen) atoms. The largest absolute Gasteiger partial charge is 0.497 e. The Bertz CT molecular complexity index is 243.